The Balaban J connectivity index is 2.86. The lowest BCUT2D eigenvalue weighted by Gasteiger charge is -2.13. The fraction of sp³-hybridized carbons (Fsp3) is 0.600. The Labute approximate surface area is 95.6 Å². The minimum atomic E-state index is -3.12. The van der Waals surface area contributed by atoms with E-state index in [1.807, 2.05) is 26.8 Å². The van der Waals surface area contributed by atoms with Crippen LogP contribution in [0.5, 0.6) is 0 Å². The maximum absolute atomic E-state index is 11.4. The van der Waals surface area contributed by atoms with Crippen molar-refractivity contribution in [2.45, 2.75) is 33.7 Å². The predicted octanol–water partition coefficient (Wildman–Crippen LogP) is 2.37. The fourth-order valence-electron chi connectivity index (χ4n) is 1.50. The van der Waals surface area contributed by atoms with Gasteiger partial charge in [-0.1, -0.05) is 0 Å². The molecule has 1 rings (SSSR count). The number of hydrogen-bond acceptors (Lipinski definition) is 3. The van der Waals surface area contributed by atoms with Crippen LogP contribution in [0.25, 0.3) is 0 Å². The molecule has 1 N–H and O–H groups in total. The Morgan fingerprint density at radius 1 is 1.47 bits per heavy atom. The van der Waals surface area contributed by atoms with Gasteiger partial charge in [0.1, 0.15) is 0 Å². The maximum Gasteiger partial charge on any atom is 0.211 e. The predicted molar refractivity (Wildman–Crippen MR) is 64.8 cm³/mol. The summed E-state index contributed by atoms with van der Waals surface area (Å²) in [4.78, 5) is 2.39. The molecule has 0 bridgehead atoms. The molecule has 1 unspecified atom stereocenters. The number of thiophene rings is 1. The molecule has 0 saturated carbocycles. The van der Waals surface area contributed by atoms with Crippen LogP contribution < -0.4 is 4.72 Å². The first-order valence-electron chi connectivity index (χ1n) is 4.92. The largest absolute Gasteiger partial charge is 0.212 e. The van der Waals surface area contributed by atoms with Crippen LogP contribution >= 0.6 is 11.3 Å². The molecule has 1 heterocycles. The SMILES string of the molecule is CCS(=O)(=O)NC(C)c1cc(C)sc1C. The highest BCUT2D eigenvalue weighted by Crippen LogP contribution is 2.26. The van der Waals surface area contributed by atoms with E-state index in [4.69, 9.17) is 0 Å². The quantitative estimate of drug-likeness (QED) is 0.888. The van der Waals surface area contributed by atoms with E-state index in [2.05, 4.69) is 4.72 Å². The van der Waals surface area contributed by atoms with Gasteiger partial charge in [0, 0.05) is 15.8 Å². The molecule has 0 aromatic carbocycles. The van der Waals surface area contributed by atoms with Gasteiger partial charge in [-0.05, 0) is 39.3 Å². The van der Waals surface area contributed by atoms with Crippen molar-refractivity contribution < 1.29 is 8.42 Å². The van der Waals surface area contributed by atoms with Gasteiger partial charge in [0.05, 0.1) is 5.75 Å². The molecule has 3 nitrogen and oxygen atoms in total. The Bertz CT molecular complexity index is 434. The zero-order valence-electron chi connectivity index (χ0n) is 9.49. The van der Waals surface area contributed by atoms with E-state index < -0.39 is 10.0 Å². The molecule has 0 aliphatic rings. The summed E-state index contributed by atoms with van der Waals surface area (Å²) in [7, 11) is -3.12. The maximum atomic E-state index is 11.4. The first-order valence-corrected chi connectivity index (χ1v) is 7.39. The molecule has 1 atom stereocenters. The van der Waals surface area contributed by atoms with Crippen LogP contribution in [-0.4, -0.2) is 14.2 Å². The van der Waals surface area contributed by atoms with Gasteiger partial charge < -0.3 is 0 Å². The van der Waals surface area contributed by atoms with Crippen molar-refractivity contribution in [3.05, 3.63) is 21.4 Å². The van der Waals surface area contributed by atoms with Crippen molar-refractivity contribution in [2.75, 3.05) is 5.75 Å². The van der Waals surface area contributed by atoms with Crippen molar-refractivity contribution in [3.8, 4) is 0 Å². The molecule has 0 aliphatic carbocycles. The van der Waals surface area contributed by atoms with E-state index in [-0.39, 0.29) is 11.8 Å². The van der Waals surface area contributed by atoms with Crippen molar-refractivity contribution in [2.24, 2.45) is 0 Å². The van der Waals surface area contributed by atoms with Gasteiger partial charge in [-0.3, -0.25) is 0 Å². The highest BCUT2D eigenvalue weighted by atomic mass is 32.2. The minimum Gasteiger partial charge on any atom is -0.212 e. The van der Waals surface area contributed by atoms with Gasteiger partial charge >= 0.3 is 0 Å². The topological polar surface area (TPSA) is 46.2 Å². The Hall–Kier alpha value is -0.390. The van der Waals surface area contributed by atoms with Crippen molar-refractivity contribution in [1.29, 1.82) is 0 Å². The summed E-state index contributed by atoms with van der Waals surface area (Å²) in [6.45, 7) is 7.56. The van der Waals surface area contributed by atoms with Crippen molar-refractivity contribution in [1.82, 2.24) is 4.72 Å². The smallest absolute Gasteiger partial charge is 0.211 e. The molecular formula is C10H17NO2S2. The lowest BCUT2D eigenvalue weighted by atomic mass is 10.1. The monoisotopic (exact) mass is 247 g/mol. The summed E-state index contributed by atoms with van der Waals surface area (Å²) < 4.78 is 25.4. The summed E-state index contributed by atoms with van der Waals surface area (Å²) in [5.41, 5.74) is 1.08. The van der Waals surface area contributed by atoms with Crippen LogP contribution in [0.3, 0.4) is 0 Å². The standard InChI is InChI=1S/C10H17NO2S2/c1-5-15(12,13)11-8(3)10-6-7(2)14-9(10)4/h6,8,11H,5H2,1-4H3. The van der Waals surface area contributed by atoms with E-state index in [0.29, 0.717) is 0 Å². The van der Waals surface area contributed by atoms with Gasteiger partial charge in [-0.25, -0.2) is 13.1 Å². The molecule has 0 spiro atoms. The second-order valence-corrected chi connectivity index (χ2v) is 7.11. The summed E-state index contributed by atoms with van der Waals surface area (Å²) in [5.74, 6) is 0.125. The third kappa shape index (κ3) is 3.29. The fourth-order valence-corrected chi connectivity index (χ4v) is 3.35. The number of rotatable bonds is 4. The zero-order valence-corrected chi connectivity index (χ0v) is 11.1. The molecule has 1 aromatic heterocycles. The van der Waals surface area contributed by atoms with Crippen LogP contribution in [0, 0.1) is 13.8 Å². The molecule has 0 saturated heterocycles. The van der Waals surface area contributed by atoms with Gasteiger partial charge in [0.2, 0.25) is 10.0 Å². The summed E-state index contributed by atoms with van der Waals surface area (Å²) in [5, 5.41) is 0. The van der Waals surface area contributed by atoms with Crippen LogP contribution in [-0.2, 0) is 10.0 Å². The van der Waals surface area contributed by atoms with E-state index in [1.165, 1.54) is 9.75 Å². The molecule has 0 amide bonds. The Kier molecular flexibility index (Phi) is 3.92. The van der Waals surface area contributed by atoms with E-state index in [9.17, 15) is 8.42 Å². The van der Waals surface area contributed by atoms with Crippen molar-refractivity contribution in [3.63, 3.8) is 0 Å². The van der Waals surface area contributed by atoms with Crippen LogP contribution in [0.4, 0.5) is 0 Å². The average Bonchev–Trinajstić information content (AvgIpc) is 2.45. The normalized spacial score (nSPS) is 14.1. The second kappa shape index (κ2) is 4.63. The molecular weight excluding hydrogens is 230 g/mol. The van der Waals surface area contributed by atoms with Gasteiger partial charge in [-0.2, -0.15) is 0 Å². The van der Waals surface area contributed by atoms with Gasteiger partial charge in [0.15, 0.2) is 0 Å². The third-order valence-corrected chi connectivity index (χ3v) is 4.74. The lowest BCUT2D eigenvalue weighted by molar-refractivity contribution is 0.568. The molecule has 0 fully saturated rings. The van der Waals surface area contributed by atoms with E-state index in [1.54, 1.807) is 18.3 Å². The summed E-state index contributed by atoms with van der Waals surface area (Å²) in [6.07, 6.45) is 0. The third-order valence-electron chi connectivity index (χ3n) is 2.28. The zero-order chi connectivity index (χ0) is 11.6. The summed E-state index contributed by atoms with van der Waals surface area (Å²) >= 11 is 1.70. The number of hydrogen-bond donors (Lipinski definition) is 1. The Morgan fingerprint density at radius 2 is 2.07 bits per heavy atom. The van der Waals surface area contributed by atoms with Crippen LogP contribution in [0.1, 0.15) is 35.2 Å². The first-order chi connectivity index (χ1) is 6.85. The van der Waals surface area contributed by atoms with Gasteiger partial charge in [-0.15, -0.1) is 11.3 Å². The van der Waals surface area contributed by atoms with Gasteiger partial charge in [0.25, 0.3) is 0 Å². The highest BCUT2D eigenvalue weighted by molar-refractivity contribution is 7.89. The van der Waals surface area contributed by atoms with E-state index >= 15 is 0 Å². The lowest BCUT2D eigenvalue weighted by Crippen LogP contribution is -2.28. The van der Waals surface area contributed by atoms with E-state index in [0.717, 1.165) is 5.56 Å². The molecule has 1 aromatic rings. The number of sulfonamides is 1. The average molecular weight is 247 g/mol. The number of aryl methyl sites for hydroxylation is 2. The second-order valence-electron chi connectivity index (χ2n) is 3.61. The molecule has 5 heteroatoms. The summed E-state index contributed by atoms with van der Waals surface area (Å²) in [6, 6.07) is 1.91. The minimum absolute atomic E-state index is 0.125. The van der Waals surface area contributed by atoms with Crippen LogP contribution in [0.15, 0.2) is 6.07 Å². The molecule has 86 valence electrons. The number of nitrogens with one attached hydrogen (secondary N) is 1. The highest BCUT2D eigenvalue weighted by Gasteiger charge is 2.16. The Morgan fingerprint density at radius 3 is 2.47 bits per heavy atom. The molecule has 0 radical (unpaired) electrons. The first kappa shape index (κ1) is 12.7. The van der Waals surface area contributed by atoms with Crippen LogP contribution in [0.2, 0.25) is 0 Å². The molecule has 0 aliphatic heterocycles. The molecule has 15 heavy (non-hydrogen) atoms. The van der Waals surface area contributed by atoms with Crippen molar-refractivity contribution >= 4 is 21.4 Å².